The lowest BCUT2D eigenvalue weighted by Crippen LogP contribution is -2.36. The molecule has 0 saturated carbocycles. The largest absolute Gasteiger partial charge is 0.506 e. The van der Waals surface area contributed by atoms with Crippen LogP contribution in [0.4, 0.5) is 5.69 Å². The molecule has 14 heavy (non-hydrogen) atoms. The van der Waals surface area contributed by atoms with E-state index in [0.717, 1.165) is 0 Å². The topological polar surface area (TPSA) is 58.6 Å². The number of aromatic hydroxyl groups is 1. The first-order valence-electron chi connectivity index (χ1n) is 4.52. The average molecular weight is 193 g/mol. The van der Waals surface area contributed by atoms with E-state index in [0.29, 0.717) is 17.9 Å². The van der Waals surface area contributed by atoms with Crippen LogP contribution in [0.1, 0.15) is 13.3 Å². The zero-order valence-corrected chi connectivity index (χ0v) is 7.78. The Morgan fingerprint density at radius 3 is 3.07 bits per heavy atom. The Labute approximate surface area is 81.5 Å². The SMILES string of the molecule is CCC1Oc2cccc(O)c2NC1=O. The third-order valence-electron chi connectivity index (χ3n) is 2.18. The van der Waals surface area contributed by atoms with E-state index >= 15 is 0 Å². The fourth-order valence-corrected chi connectivity index (χ4v) is 1.42. The molecule has 1 aliphatic heterocycles. The van der Waals surface area contributed by atoms with Gasteiger partial charge in [-0.05, 0) is 18.6 Å². The van der Waals surface area contributed by atoms with Crippen LogP contribution >= 0.6 is 0 Å². The van der Waals surface area contributed by atoms with Crippen molar-refractivity contribution in [3.05, 3.63) is 18.2 Å². The number of hydrogen-bond donors (Lipinski definition) is 2. The van der Waals surface area contributed by atoms with Gasteiger partial charge in [0.2, 0.25) is 0 Å². The predicted molar refractivity (Wildman–Crippen MR) is 51.4 cm³/mol. The summed E-state index contributed by atoms with van der Waals surface area (Å²) in [6, 6.07) is 4.91. The summed E-state index contributed by atoms with van der Waals surface area (Å²) in [4.78, 5) is 11.4. The van der Waals surface area contributed by atoms with Gasteiger partial charge in [0.25, 0.3) is 5.91 Å². The summed E-state index contributed by atoms with van der Waals surface area (Å²) in [5.41, 5.74) is 0.363. The Morgan fingerprint density at radius 1 is 1.57 bits per heavy atom. The summed E-state index contributed by atoms with van der Waals surface area (Å²) in [5.74, 6) is 0.350. The van der Waals surface area contributed by atoms with Gasteiger partial charge in [-0.25, -0.2) is 0 Å². The summed E-state index contributed by atoms with van der Waals surface area (Å²) in [6.45, 7) is 1.87. The molecule has 1 aliphatic rings. The van der Waals surface area contributed by atoms with Crippen LogP contribution in [0.15, 0.2) is 18.2 Å². The molecule has 1 atom stereocenters. The third-order valence-corrected chi connectivity index (χ3v) is 2.18. The van der Waals surface area contributed by atoms with Gasteiger partial charge in [0.15, 0.2) is 6.10 Å². The van der Waals surface area contributed by atoms with Crippen molar-refractivity contribution in [3.63, 3.8) is 0 Å². The van der Waals surface area contributed by atoms with Crippen LogP contribution in [0.5, 0.6) is 11.5 Å². The summed E-state index contributed by atoms with van der Waals surface area (Å²) in [7, 11) is 0. The second-order valence-electron chi connectivity index (χ2n) is 3.15. The summed E-state index contributed by atoms with van der Waals surface area (Å²) < 4.78 is 5.40. The zero-order chi connectivity index (χ0) is 10.1. The van der Waals surface area contributed by atoms with Crippen molar-refractivity contribution in [2.45, 2.75) is 19.4 Å². The molecule has 0 aromatic heterocycles. The number of nitrogens with one attached hydrogen (secondary N) is 1. The number of fused-ring (bicyclic) bond motifs is 1. The van der Waals surface area contributed by atoms with Gasteiger partial charge in [-0.15, -0.1) is 0 Å². The lowest BCUT2D eigenvalue weighted by Gasteiger charge is -2.25. The third kappa shape index (κ3) is 1.28. The molecule has 0 aliphatic carbocycles. The summed E-state index contributed by atoms with van der Waals surface area (Å²) >= 11 is 0. The highest BCUT2D eigenvalue weighted by molar-refractivity contribution is 5.99. The van der Waals surface area contributed by atoms with Gasteiger partial charge in [0.1, 0.15) is 17.2 Å². The molecule has 2 N–H and O–H groups in total. The van der Waals surface area contributed by atoms with Gasteiger partial charge in [-0.3, -0.25) is 4.79 Å². The standard InChI is InChI=1S/C10H11NO3/c1-2-7-10(13)11-9-6(12)4-3-5-8(9)14-7/h3-5,7,12H,2H2,1H3,(H,11,13). The molecule has 0 bridgehead atoms. The smallest absolute Gasteiger partial charge is 0.265 e. The van der Waals surface area contributed by atoms with Crippen LogP contribution in [-0.4, -0.2) is 17.1 Å². The molecule has 1 unspecified atom stereocenters. The molecule has 0 spiro atoms. The summed E-state index contributed by atoms with van der Waals surface area (Å²) in [6.07, 6.45) is 0.158. The average Bonchev–Trinajstić information content (AvgIpc) is 2.19. The van der Waals surface area contributed by atoms with Crippen molar-refractivity contribution < 1.29 is 14.6 Å². The van der Waals surface area contributed by atoms with E-state index in [1.165, 1.54) is 6.07 Å². The Hall–Kier alpha value is -1.71. The Kier molecular flexibility index (Phi) is 2.04. The van der Waals surface area contributed by atoms with Crippen LogP contribution in [0.3, 0.4) is 0 Å². The van der Waals surface area contributed by atoms with E-state index in [1.54, 1.807) is 12.1 Å². The molecule has 1 aromatic carbocycles. The monoisotopic (exact) mass is 193 g/mol. The maximum absolute atomic E-state index is 11.4. The van der Waals surface area contributed by atoms with E-state index in [1.807, 2.05) is 6.92 Å². The first kappa shape index (κ1) is 8.87. The number of benzene rings is 1. The lowest BCUT2D eigenvalue weighted by atomic mass is 10.2. The molecule has 1 heterocycles. The zero-order valence-electron chi connectivity index (χ0n) is 7.78. The number of phenols is 1. The number of carbonyl (C=O) groups excluding carboxylic acids is 1. The molecule has 4 heteroatoms. The van der Waals surface area contributed by atoms with Crippen molar-refractivity contribution in [1.29, 1.82) is 0 Å². The number of para-hydroxylation sites is 1. The predicted octanol–water partition coefficient (Wildman–Crippen LogP) is 1.50. The normalized spacial score (nSPS) is 19.5. The van der Waals surface area contributed by atoms with Crippen LogP contribution in [-0.2, 0) is 4.79 Å². The minimum atomic E-state index is -0.454. The van der Waals surface area contributed by atoms with E-state index in [2.05, 4.69) is 5.32 Å². The minimum Gasteiger partial charge on any atom is -0.506 e. The number of hydrogen-bond acceptors (Lipinski definition) is 3. The van der Waals surface area contributed by atoms with Gasteiger partial charge in [0, 0.05) is 0 Å². The quantitative estimate of drug-likeness (QED) is 0.664. The fraction of sp³-hybridized carbons (Fsp3) is 0.300. The van der Waals surface area contributed by atoms with Crippen LogP contribution in [0.25, 0.3) is 0 Å². The molecule has 0 saturated heterocycles. The number of phenolic OH excluding ortho intramolecular Hbond substituents is 1. The molecular formula is C10H11NO3. The number of anilines is 1. The van der Waals surface area contributed by atoms with Gasteiger partial charge >= 0.3 is 0 Å². The van der Waals surface area contributed by atoms with E-state index in [-0.39, 0.29) is 11.7 Å². The molecule has 74 valence electrons. The minimum absolute atomic E-state index is 0.0328. The van der Waals surface area contributed by atoms with Crippen molar-refractivity contribution in [2.24, 2.45) is 0 Å². The first-order valence-corrected chi connectivity index (χ1v) is 4.52. The molecule has 1 aromatic rings. The number of carbonyl (C=O) groups is 1. The first-order chi connectivity index (χ1) is 6.72. The Bertz CT molecular complexity index is 376. The number of rotatable bonds is 1. The maximum atomic E-state index is 11.4. The van der Waals surface area contributed by atoms with Gasteiger partial charge < -0.3 is 15.2 Å². The highest BCUT2D eigenvalue weighted by Crippen LogP contribution is 2.37. The van der Waals surface area contributed by atoms with Crippen LogP contribution in [0.2, 0.25) is 0 Å². The molecule has 4 nitrogen and oxygen atoms in total. The molecule has 2 rings (SSSR count). The van der Waals surface area contributed by atoms with Gasteiger partial charge in [0.05, 0.1) is 0 Å². The molecule has 1 amide bonds. The van der Waals surface area contributed by atoms with Gasteiger partial charge in [-0.2, -0.15) is 0 Å². The maximum Gasteiger partial charge on any atom is 0.265 e. The van der Waals surface area contributed by atoms with E-state index in [9.17, 15) is 9.90 Å². The number of amides is 1. The van der Waals surface area contributed by atoms with Crippen molar-refractivity contribution >= 4 is 11.6 Å². The number of ether oxygens (including phenoxy) is 1. The summed E-state index contributed by atoms with van der Waals surface area (Å²) in [5, 5.41) is 12.1. The molecule has 0 fully saturated rings. The van der Waals surface area contributed by atoms with E-state index < -0.39 is 6.10 Å². The Balaban J connectivity index is 2.40. The van der Waals surface area contributed by atoms with Gasteiger partial charge in [-0.1, -0.05) is 13.0 Å². The van der Waals surface area contributed by atoms with Crippen molar-refractivity contribution in [1.82, 2.24) is 0 Å². The Morgan fingerprint density at radius 2 is 2.36 bits per heavy atom. The van der Waals surface area contributed by atoms with Crippen molar-refractivity contribution in [3.8, 4) is 11.5 Å². The fourth-order valence-electron chi connectivity index (χ4n) is 1.42. The molecular weight excluding hydrogens is 182 g/mol. The molecule has 0 radical (unpaired) electrons. The second-order valence-corrected chi connectivity index (χ2v) is 3.15. The highest BCUT2D eigenvalue weighted by Gasteiger charge is 2.27. The van der Waals surface area contributed by atoms with E-state index in [4.69, 9.17) is 4.74 Å². The van der Waals surface area contributed by atoms with Crippen LogP contribution in [0, 0.1) is 0 Å². The lowest BCUT2D eigenvalue weighted by molar-refractivity contribution is -0.123. The van der Waals surface area contributed by atoms with Crippen LogP contribution < -0.4 is 10.1 Å². The van der Waals surface area contributed by atoms with Crippen molar-refractivity contribution in [2.75, 3.05) is 5.32 Å². The second kappa shape index (κ2) is 3.21. The highest BCUT2D eigenvalue weighted by atomic mass is 16.5.